The van der Waals surface area contributed by atoms with E-state index in [1.165, 1.54) is 0 Å². The first-order chi connectivity index (χ1) is 4.33. The van der Waals surface area contributed by atoms with Gasteiger partial charge in [0.15, 0.2) is 0 Å². The minimum Gasteiger partial charge on any atom is -0.499 e. The van der Waals surface area contributed by atoms with Gasteiger partial charge in [-0.25, -0.2) is 0 Å². The maximum Gasteiger partial charge on any atom is 0.115 e. The van der Waals surface area contributed by atoms with Crippen molar-refractivity contribution >= 4 is 0 Å². The number of rotatable bonds is 1. The molecular formula is C7H11NO. The second-order valence-electron chi connectivity index (χ2n) is 2.09. The van der Waals surface area contributed by atoms with E-state index in [2.05, 4.69) is 4.90 Å². The quantitative estimate of drug-likeness (QED) is 0.518. The summed E-state index contributed by atoms with van der Waals surface area (Å²) in [5.74, 6) is 1.01. The van der Waals surface area contributed by atoms with Gasteiger partial charge in [0, 0.05) is 7.05 Å². The van der Waals surface area contributed by atoms with E-state index >= 15 is 0 Å². The van der Waals surface area contributed by atoms with Crippen LogP contribution in [-0.2, 0) is 4.74 Å². The van der Waals surface area contributed by atoms with Gasteiger partial charge in [-0.2, -0.15) is 0 Å². The minimum absolute atomic E-state index is 0.882. The second kappa shape index (κ2) is 2.58. The van der Waals surface area contributed by atoms with E-state index in [1.54, 1.807) is 7.11 Å². The van der Waals surface area contributed by atoms with Gasteiger partial charge in [-0.3, -0.25) is 0 Å². The summed E-state index contributed by atoms with van der Waals surface area (Å²) in [6.45, 7) is 0.882. The van der Waals surface area contributed by atoms with Crippen LogP contribution in [0.1, 0.15) is 0 Å². The minimum atomic E-state index is 0.882. The van der Waals surface area contributed by atoms with Crippen LogP contribution in [0.5, 0.6) is 0 Å². The standard InChI is InChI=1S/C7H11NO/c1-8-5-3-4-7(6-8)9-2/h3-5H,6H2,1-2H3. The number of nitrogens with zero attached hydrogens (tertiary/aromatic N) is 1. The highest BCUT2D eigenvalue weighted by atomic mass is 16.5. The van der Waals surface area contributed by atoms with Crippen LogP contribution in [0.3, 0.4) is 0 Å². The summed E-state index contributed by atoms with van der Waals surface area (Å²) in [5.41, 5.74) is 0. The third-order valence-corrected chi connectivity index (χ3v) is 1.29. The summed E-state index contributed by atoms with van der Waals surface area (Å²) in [6.07, 6.45) is 5.96. The lowest BCUT2D eigenvalue weighted by molar-refractivity contribution is 0.254. The van der Waals surface area contributed by atoms with Crippen molar-refractivity contribution in [2.24, 2.45) is 0 Å². The topological polar surface area (TPSA) is 12.5 Å². The van der Waals surface area contributed by atoms with Gasteiger partial charge in [0.1, 0.15) is 5.76 Å². The van der Waals surface area contributed by atoms with Crippen molar-refractivity contribution in [3.8, 4) is 0 Å². The van der Waals surface area contributed by atoms with Crippen LogP contribution in [-0.4, -0.2) is 25.6 Å². The summed E-state index contributed by atoms with van der Waals surface area (Å²) in [5, 5.41) is 0. The lowest BCUT2D eigenvalue weighted by Crippen LogP contribution is -2.17. The Morgan fingerprint density at radius 1 is 1.67 bits per heavy atom. The highest BCUT2D eigenvalue weighted by molar-refractivity contribution is 5.13. The maximum atomic E-state index is 5.03. The number of allylic oxidation sites excluding steroid dienone is 2. The average molecular weight is 125 g/mol. The molecule has 1 aliphatic rings. The van der Waals surface area contributed by atoms with Crippen LogP contribution in [0.25, 0.3) is 0 Å². The van der Waals surface area contributed by atoms with Crippen molar-refractivity contribution in [3.05, 3.63) is 24.1 Å². The zero-order chi connectivity index (χ0) is 6.69. The van der Waals surface area contributed by atoms with Crippen LogP contribution in [0.4, 0.5) is 0 Å². The molecule has 50 valence electrons. The van der Waals surface area contributed by atoms with Crippen LogP contribution in [0.15, 0.2) is 24.1 Å². The van der Waals surface area contributed by atoms with E-state index in [9.17, 15) is 0 Å². The lowest BCUT2D eigenvalue weighted by Gasteiger charge is -2.18. The molecule has 9 heavy (non-hydrogen) atoms. The molecule has 0 aromatic rings. The fourth-order valence-electron chi connectivity index (χ4n) is 0.781. The number of hydrogen-bond donors (Lipinski definition) is 0. The zero-order valence-electron chi connectivity index (χ0n) is 5.79. The fraction of sp³-hybridized carbons (Fsp3) is 0.429. The predicted octanol–water partition coefficient (Wildman–Crippen LogP) is 0.976. The highest BCUT2D eigenvalue weighted by Gasteiger charge is 2.00. The molecule has 0 atom stereocenters. The molecule has 0 saturated heterocycles. The first-order valence-corrected chi connectivity index (χ1v) is 2.94. The molecule has 0 radical (unpaired) electrons. The second-order valence-corrected chi connectivity index (χ2v) is 2.09. The van der Waals surface area contributed by atoms with Gasteiger partial charge in [0.25, 0.3) is 0 Å². The Morgan fingerprint density at radius 3 is 2.89 bits per heavy atom. The summed E-state index contributed by atoms with van der Waals surface area (Å²) < 4.78 is 5.03. The third-order valence-electron chi connectivity index (χ3n) is 1.29. The molecule has 0 aromatic carbocycles. The van der Waals surface area contributed by atoms with Crippen LogP contribution >= 0.6 is 0 Å². The molecule has 0 aromatic heterocycles. The van der Waals surface area contributed by atoms with Crippen LogP contribution in [0.2, 0.25) is 0 Å². The monoisotopic (exact) mass is 125 g/mol. The molecule has 0 spiro atoms. The summed E-state index contributed by atoms with van der Waals surface area (Å²) in [7, 11) is 3.71. The molecule has 1 heterocycles. The van der Waals surface area contributed by atoms with Gasteiger partial charge in [-0.15, -0.1) is 0 Å². The molecule has 0 saturated carbocycles. The number of methoxy groups -OCH3 is 1. The molecule has 1 aliphatic heterocycles. The van der Waals surface area contributed by atoms with Crippen molar-refractivity contribution < 1.29 is 4.74 Å². The number of ether oxygens (including phenoxy) is 1. The first kappa shape index (κ1) is 6.20. The molecule has 0 N–H and O–H groups in total. The Balaban J connectivity index is 2.55. The van der Waals surface area contributed by atoms with E-state index in [0.29, 0.717) is 0 Å². The van der Waals surface area contributed by atoms with E-state index < -0.39 is 0 Å². The van der Waals surface area contributed by atoms with Crippen molar-refractivity contribution in [2.45, 2.75) is 0 Å². The van der Waals surface area contributed by atoms with Crippen molar-refractivity contribution in [3.63, 3.8) is 0 Å². The lowest BCUT2D eigenvalue weighted by atomic mass is 10.3. The first-order valence-electron chi connectivity index (χ1n) is 2.94. The molecule has 0 fully saturated rings. The molecule has 0 amide bonds. The van der Waals surface area contributed by atoms with Crippen molar-refractivity contribution in [1.29, 1.82) is 0 Å². The van der Waals surface area contributed by atoms with Gasteiger partial charge in [0.2, 0.25) is 0 Å². The molecular weight excluding hydrogens is 114 g/mol. The molecule has 2 heteroatoms. The van der Waals surface area contributed by atoms with Gasteiger partial charge in [-0.05, 0) is 18.4 Å². The smallest absolute Gasteiger partial charge is 0.115 e. The van der Waals surface area contributed by atoms with E-state index in [0.717, 1.165) is 12.3 Å². The van der Waals surface area contributed by atoms with E-state index in [-0.39, 0.29) is 0 Å². The van der Waals surface area contributed by atoms with Gasteiger partial charge in [-0.1, -0.05) is 0 Å². The Morgan fingerprint density at radius 2 is 2.44 bits per heavy atom. The molecule has 0 unspecified atom stereocenters. The average Bonchev–Trinajstić information content (AvgIpc) is 1.88. The Hall–Kier alpha value is -0.920. The van der Waals surface area contributed by atoms with E-state index in [4.69, 9.17) is 4.74 Å². The van der Waals surface area contributed by atoms with Crippen LogP contribution in [0, 0.1) is 0 Å². The van der Waals surface area contributed by atoms with Crippen LogP contribution < -0.4 is 0 Å². The van der Waals surface area contributed by atoms with Gasteiger partial charge in [0.05, 0.1) is 13.7 Å². The highest BCUT2D eigenvalue weighted by Crippen LogP contribution is 2.04. The molecule has 1 rings (SSSR count). The largest absolute Gasteiger partial charge is 0.499 e. The Bertz CT molecular complexity index is 149. The predicted molar refractivity (Wildman–Crippen MR) is 36.9 cm³/mol. The number of hydrogen-bond acceptors (Lipinski definition) is 2. The molecule has 2 nitrogen and oxygen atoms in total. The molecule has 0 aliphatic carbocycles. The van der Waals surface area contributed by atoms with Gasteiger partial charge < -0.3 is 9.64 Å². The fourth-order valence-corrected chi connectivity index (χ4v) is 0.781. The maximum absolute atomic E-state index is 5.03. The van der Waals surface area contributed by atoms with Crippen molar-refractivity contribution in [2.75, 3.05) is 20.7 Å². The summed E-state index contributed by atoms with van der Waals surface area (Å²) in [6, 6.07) is 0. The summed E-state index contributed by atoms with van der Waals surface area (Å²) >= 11 is 0. The van der Waals surface area contributed by atoms with E-state index in [1.807, 2.05) is 25.4 Å². The SMILES string of the molecule is COC1=CC=CN(C)C1. The zero-order valence-corrected chi connectivity index (χ0v) is 5.79. The normalized spacial score (nSPS) is 17.6. The molecule has 0 bridgehead atoms. The summed E-state index contributed by atoms with van der Waals surface area (Å²) in [4.78, 5) is 2.07. The van der Waals surface area contributed by atoms with Crippen molar-refractivity contribution in [1.82, 2.24) is 4.90 Å². The Labute approximate surface area is 55.4 Å². The number of likely N-dealkylation sites (N-methyl/N-ethyl adjacent to an activating group) is 1. The Kier molecular flexibility index (Phi) is 1.78. The van der Waals surface area contributed by atoms with Gasteiger partial charge >= 0.3 is 0 Å². The third kappa shape index (κ3) is 1.49.